The van der Waals surface area contributed by atoms with E-state index in [2.05, 4.69) is 121 Å². The number of para-hydroxylation sites is 1. The van der Waals surface area contributed by atoms with Gasteiger partial charge in [-0.2, -0.15) is 0 Å². The maximum absolute atomic E-state index is 5.52. The van der Waals surface area contributed by atoms with Gasteiger partial charge in [-0.1, -0.05) is 123 Å². The Bertz CT molecular complexity index is 1990. The molecule has 0 saturated heterocycles. The normalized spacial score (nSPS) is 13.7. The molecule has 8 rings (SSSR count). The first-order valence-corrected chi connectivity index (χ1v) is 15.3. The summed E-state index contributed by atoms with van der Waals surface area (Å²) >= 11 is 0. The third-order valence-corrected chi connectivity index (χ3v) is 11.1. The Hall–Kier alpha value is -4.19. The quantitative estimate of drug-likeness (QED) is 0.212. The zero-order valence-electron chi connectivity index (χ0n) is 21.8. The van der Waals surface area contributed by atoms with Crippen LogP contribution in [0.5, 0.6) is 0 Å². The minimum atomic E-state index is -0.745. The third kappa shape index (κ3) is 3.58. The molecule has 186 valence electrons. The second kappa shape index (κ2) is 9.23. The number of nitrogens with zero attached hydrogens (tertiary/aromatic N) is 1. The second-order valence-corrected chi connectivity index (χ2v) is 12.7. The van der Waals surface area contributed by atoms with Gasteiger partial charge in [0.25, 0.3) is 0 Å². The first-order valence-electron chi connectivity index (χ1n) is 14.0. The van der Waals surface area contributed by atoms with Crippen molar-refractivity contribution in [2.45, 2.75) is 25.7 Å². The van der Waals surface area contributed by atoms with Gasteiger partial charge in [-0.3, -0.25) is 0 Å². The number of benzene rings is 5. The Morgan fingerprint density at radius 1 is 0.513 bits per heavy atom. The summed E-state index contributed by atoms with van der Waals surface area (Å²) in [5.74, 6) is 0. The molecule has 0 N–H and O–H groups in total. The van der Waals surface area contributed by atoms with Crippen molar-refractivity contribution in [1.82, 2.24) is 4.98 Å². The largest absolute Gasteiger partial charge is 0.247 e. The van der Waals surface area contributed by atoms with Crippen molar-refractivity contribution >= 4 is 40.0 Å². The number of pyridine rings is 1. The van der Waals surface area contributed by atoms with Gasteiger partial charge in [0.05, 0.1) is 11.2 Å². The van der Waals surface area contributed by atoms with Crippen LogP contribution in [0.1, 0.15) is 24.0 Å². The van der Waals surface area contributed by atoms with Crippen LogP contribution in [0.2, 0.25) is 0 Å². The zero-order valence-corrected chi connectivity index (χ0v) is 22.7. The summed E-state index contributed by atoms with van der Waals surface area (Å²) in [7, 11) is -0.745. The Morgan fingerprint density at radius 3 is 1.95 bits per heavy atom. The van der Waals surface area contributed by atoms with Gasteiger partial charge in [0.2, 0.25) is 0 Å². The fourth-order valence-electron chi connectivity index (χ4n) is 6.70. The first kappa shape index (κ1) is 22.8. The molecule has 1 unspecified atom stereocenters. The highest BCUT2D eigenvalue weighted by Gasteiger charge is 2.29. The van der Waals surface area contributed by atoms with Crippen LogP contribution in [0.4, 0.5) is 0 Å². The van der Waals surface area contributed by atoms with Crippen molar-refractivity contribution in [2.75, 3.05) is 0 Å². The van der Waals surface area contributed by atoms with Gasteiger partial charge >= 0.3 is 0 Å². The predicted octanol–water partition coefficient (Wildman–Crippen LogP) is 10.7. The maximum Gasteiger partial charge on any atom is 0.0834 e. The van der Waals surface area contributed by atoms with Crippen molar-refractivity contribution in [2.24, 2.45) is 0 Å². The van der Waals surface area contributed by atoms with Crippen LogP contribution >= 0.6 is 7.53 Å². The van der Waals surface area contributed by atoms with Crippen LogP contribution in [0.15, 0.2) is 121 Å². The fraction of sp³-hybridized carbons (Fsp3) is 0.108. The van der Waals surface area contributed by atoms with E-state index >= 15 is 0 Å². The highest BCUT2D eigenvalue weighted by atomic mass is 31.1. The zero-order chi connectivity index (χ0) is 25.8. The van der Waals surface area contributed by atoms with Crippen LogP contribution in [-0.4, -0.2) is 4.98 Å². The van der Waals surface area contributed by atoms with Gasteiger partial charge in [0.1, 0.15) is 0 Å². The maximum atomic E-state index is 5.52. The molecule has 7 aromatic rings. The number of fused-ring (bicyclic) bond motifs is 6. The van der Waals surface area contributed by atoms with E-state index in [-0.39, 0.29) is 0 Å². The van der Waals surface area contributed by atoms with Crippen LogP contribution in [0.3, 0.4) is 0 Å². The Balaban J connectivity index is 1.58. The molecule has 0 fully saturated rings. The van der Waals surface area contributed by atoms with Gasteiger partial charge in [0, 0.05) is 26.7 Å². The molecule has 1 aliphatic rings. The van der Waals surface area contributed by atoms with E-state index in [1.54, 1.807) is 16.4 Å². The van der Waals surface area contributed by atoms with Crippen molar-refractivity contribution in [3.63, 3.8) is 0 Å². The number of aromatic nitrogens is 1. The first-order chi connectivity index (χ1) is 19.4. The van der Waals surface area contributed by atoms with E-state index in [0.29, 0.717) is 0 Å². The Labute approximate surface area is 229 Å². The lowest BCUT2D eigenvalue weighted by atomic mass is 9.89. The molecule has 0 aliphatic heterocycles. The van der Waals surface area contributed by atoms with E-state index in [0.717, 1.165) is 18.4 Å². The van der Waals surface area contributed by atoms with Crippen molar-refractivity contribution in [3.05, 3.63) is 132 Å². The molecule has 2 heteroatoms. The molecule has 0 radical (unpaired) electrons. The van der Waals surface area contributed by atoms with Gasteiger partial charge in [-0.05, 0) is 64.5 Å². The smallest absolute Gasteiger partial charge is 0.0834 e. The Morgan fingerprint density at radius 2 is 1.15 bits per heavy atom. The van der Waals surface area contributed by atoms with Crippen LogP contribution in [0, 0.1) is 0 Å². The number of hydrogen-bond acceptors (Lipinski definition) is 1. The van der Waals surface area contributed by atoms with Gasteiger partial charge in [0.15, 0.2) is 0 Å². The molecular formula is C37H28NP. The summed E-state index contributed by atoms with van der Waals surface area (Å²) in [6.07, 6.45) is 4.80. The molecule has 0 amide bonds. The molecule has 0 bridgehead atoms. The number of rotatable bonds is 3. The molecule has 2 heterocycles. The standard InChI is InChI=1S/C37H28NP/c1-3-14-26(15-4-1)36-29-19-9-10-20-30(29)37(39(36)27-16-5-2-6-17-27)35-32-24-23-25-13-7-8-18-28(25)34(32)31-21-11-12-22-33(31)38-35/h1-8,11-18,21-24H,9-10,19-20H2. The number of hydrogen-bond donors (Lipinski definition) is 0. The molecule has 5 aromatic carbocycles. The Kier molecular flexibility index (Phi) is 5.38. The average molecular weight is 518 g/mol. The minimum absolute atomic E-state index is 0.745. The SMILES string of the molecule is c1ccc(-c2c3c(c(-c4nc5ccccc5c5c4ccc4ccccc45)p2-c2ccccc2)CCCC3)cc1. The van der Waals surface area contributed by atoms with Crippen molar-refractivity contribution in [3.8, 4) is 27.2 Å². The summed E-state index contributed by atoms with van der Waals surface area (Å²) in [6.45, 7) is 0. The van der Waals surface area contributed by atoms with Crippen LogP contribution in [-0.2, 0) is 12.8 Å². The molecule has 1 nitrogen and oxygen atoms in total. The lowest BCUT2D eigenvalue weighted by molar-refractivity contribution is 0.692. The summed E-state index contributed by atoms with van der Waals surface area (Å²) in [5, 5.41) is 10.9. The van der Waals surface area contributed by atoms with E-state index < -0.39 is 7.53 Å². The van der Waals surface area contributed by atoms with Crippen molar-refractivity contribution in [1.29, 1.82) is 0 Å². The molecule has 1 aliphatic carbocycles. The lowest BCUT2D eigenvalue weighted by Gasteiger charge is -2.17. The highest BCUT2D eigenvalue weighted by molar-refractivity contribution is 7.63. The third-order valence-electron chi connectivity index (χ3n) is 8.36. The van der Waals surface area contributed by atoms with Crippen molar-refractivity contribution < 1.29 is 0 Å². The summed E-state index contributed by atoms with van der Waals surface area (Å²) in [6, 6.07) is 44.5. The van der Waals surface area contributed by atoms with E-state index in [4.69, 9.17) is 4.98 Å². The van der Waals surface area contributed by atoms with Gasteiger partial charge < -0.3 is 0 Å². The molecule has 1 atom stereocenters. The molecule has 0 saturated carbocycles. The second-order valence-electron chi connectivity index (χ2n) is 10.6. The van der Waals surface area contributed by atoms with E-state index in [9.17, 15) is 0 Å². The van der Waals surface area contributed by atoms with Gasteiger partial charge in [-0.25, -0.2) is 4.98 Å². The molecule has 2 aromatic heterocycles. The minimum Gasteiger partial charge on any atom is -0.247 e. The summed E-state index contributed by atoms with van der Waals surface area (Å²) in [5.41, 5.74) is 6.78. The lowest BCUT2D eigenvalue weighted by Crippen LogP contribution is -2.02. The summed E-state index contributed by atoms with van der Waals surface area (Å²) in [4.78, 5) is 5.52. The fourth-order valence-corrected chi connectivity index (χ4v) is 9.73. The summed E-state index contributed by atoms with van der Waals surface area (Å²) < 4.78 is 0. The molecule has 39 heavy (non-hydrogen) atoms. The highest BCUT2D eigenvalue weighted by Crippen LogP contribution is 2.62. The van der Waals surface area contributed by atoms with Crippen LogP contribution in [0.25, 0.3) is 59.6 Å². The topological polar surface area (TPSA) is 12.9 Å². The van der Waals surface area contributed by atoms with E-state index in [1.807, 2.05) is 0 Å². The van der Waals surface area contributed by atoms with Gasteiger partial charge in [-0.15, -0.1) is 0 Å². The van der Waals surface area contributed by atoms with E-state index in [1.165, 1.54) is 61.6 Å². The average Bonchev–Trinajstić information content (AvgIpc) is 3.36. The van der Waals surface area contributed by atoms with Crippen LogP contribution < -0.4 is 0 Å². The predicted molar refractivity (Wildman–Crippen MR) is 168 cm³/mol. The molecular weight excluding hydrogens is 489 g/mol. The monoisotopic (exact) mass is 517 g/mol. The molecule has 0 spiro atoms.